The van der Waals surface area contributed by atoms with Gasteiger partial charge in [0.15, 0.2) is 0 Å². The molecule has 14 heavy (non-hydrogen) atoms. The van der Waals surface area contributed by atoms with Crippen LogP contribution in [0.2, 0.25) is 0 Å². The van der Waals surface area contributed by atoms with E-state index in [4.69, 9.17) is 10.8 Å². The number of nitrogens with zero attached hydrogens (tertiary/aromatic N) is 1. The van der Waals surface area contributed by atoms with Crippen molar-refractivity contribution in [3.63, 3.8) is 0 Å². The number of thiazole rings is 1. The van der Waals surface area contributed by atoms with Crippen molar-refractivity contribution in [2.24, 2.45) is 5.73 Å². The molecule has 1 rings (SSSR count). The first-order valence-electron chi connectivity index (χ1n) is 4.57. The van der Waals surface area contributed by atoms with Gasteiger partial charge in [0.2, 0.25) is 0 Å². The van der Waals surface area contributed by atoms with Crippen molar-refractivity contribution in [3.8, 4) is 0 Å². The Labute approximate surface area is 86.8 Å². The van der Waals surface area contributed by atoms with Gasteiger partial charge in [0.25, 0.3) is 0 Å². The average molecular weight is 214 g/mol. The Kier molecular flexibility index (Phi) is 4.55. The Morgan fingerprint density at radius 3 is 3.00 bits per heavy atom. The van der Waals surface area contributed by atoms with Crippen molar-refractivity contribution in [1.29, 1.82) is 0 Å². The fraction of sp³-hybridized carbons (Fsp3) is 0.556. The summed E-state index contributed by atoms with van der Waals surface area (Å²) >= 11 is 1.53. The van der Waals surface area contributed by atoms with Crippen LogP contribution in [-0.4, -0.2) is 22.6 Å². The molecule has 0 fully saturated rings. The summed E-state index contributed by atoms with van der Waals surface area (Å²) < 4.78 is 0. The van der Waals surface area contributed by atoms with Crippen molar-refractivity contribution < 1.29 is 9.90 Å². The van der Waals surface area contributed by atoms with E-state index in [1.165, 1.54) is 11.3 Å². The lowest BCUT2D eigenvalue weighted by Crippen LogP contribution is -2.01. The van der Waals surface area contributed by atoms with Gasteiger partial charge in [0.1, 0.15) is 0 Å². The first-order chi connectivity index (χ1) is 6.72. The van der Waals surface area contributed by atoms with Crippen LogP contribution in [0.25, 0.3) is 0 Å². The molecule has 5 heteroatoms. The summed E-state index contributed by atoms with van der Waals surface area (Å²) in [7, 11) is 0. The smallest absolute Gasteiger partial charge is 0.309 e. The maximum Gasteiger partial charge on any atom is 0.309 e. The molecule has 0 amide bonds. The molecule has 0 saturated heterocycles. The minimum Gasteiger partial charge on any atom is -0.481 e. The maximum absolute atomic E-state index is 10.4. The predicted molar refractivity (Wildman–Crippen MR) is 55.4 cm³/mol. The topological polar surface area (TPSA) is 76.2 Å². The van der Waals surface area contributed by atoms with Crippen LogP contribution in [0.15, 0.2) is 5.38 Å². The van der Waals surface area contributed by atoms with Gasteiger partial charge < -0.3 is 10.8 Å². The standard InChI is InChI=1S/C9H14N2O2S/c10-4-2-1-3-8-11-7(6-14-8)5-9(12)13/h6H,1-5,10H2,(H,12,13). The zero-order valence-electron chi connectivity index (χ0n) is 7.90. The average Bonchev–Trinajstić information content (AvgIpc) is 2.52. The number of nitrogens with two attached hydrogens (primary N) is 1. The van der Waals surface area contributed by atoms with Gasteiger partial charge in [-0.2, -0.15) is 0 Å². The number of rotatable bonds is 6. The van der Waals surface area contributed by atoms with Crippen LogP contribution in [0.1, 0.15) is 23.5 Å². The fourth-order valence-electron chi connectivity index (χ4n) is 1.12. The molecule has 1 heterocycles. The summed E-state index contributed by atoms with van der Waals surface area (Å²) in [6, 6.07) is 0. The quantitative estimate of drug-likeness (QED) is 0.694. The second kappa shape index (κ2) is 5.72. The Bertz CT molecular complexity index is 299. The van der Waals surface area contributed by atoms with E-state index < -0.39 is 5.97 Å². The number of aliphatic carboxylic acids is 1. The third kappa shape index (κ3) is 3.85. The second-order valence-corrected chi connectivity index (χ2v) is 3.99. The summed E-state index contributed by atoms with van der Waals surface area (Å²) in [6.07, 6.45) is 2.94. The zero-order chi connectivity index (χ0) is 10.4. The van der Waals surface area contributed by atoms with E-state index in [9.17, 15) is 4.79 Å². The predicted octanol–water partition coefficient (Wildman–Crippen LogP) is 1.05. The van der Waals surface area contributed by atoms with Crippen LogP contribution in [0.5, 0.6) is 0 Å². The van der Waals surface area contributed by atoms with Crippen LogP contribution in [0.3, 0.4) is 0 Å². The van der Waals surface area contributed by atoms with Crippen molar-refractivity contribution in [1.82, 2.24) is 4.98 Å². The van der Waals surface area contributed by atoms with E-state index in [0.717, 1.165) is 24.3 Å². The number of unbranched alkanes of at least 4 members (excludes halogenated alkanes) is 1. The molecule has 0 radical (unpaired) electrons. The number of aromatic nitrogens is 1. The van der Waals surface area contributed by atoms with Crippen LogP contribution >= 0.6 is 11.3 Å². The van der Waals surface area contributed by atoms with E-state index in [1.54, 1.807) is 0 Å². The van der Waals surface area contributed by atoms with E-state index in [1.807, 2.05) is 5.38 Å². The highest BCUT2D eigenvalue weighted by molar-refractivity contribution is 7.09. The Morgan fingerprint density at radius 1 is 1.57 bits per heavy atom. The molecular formula is C9H14N2O2S. The van der Waals surface area contributed by atoms with Crippen molar-refractivity contribution >= 4 is 17.3 Å². The zero-order valence-corrected chi connectivity index (χ0v) is 8.72. The van der Waals surface area contributed by atoms with Gasteiger partial charge in [-0.1, -0.05) is 0 Å². The lowest BCUT2D eigenvalue weighted by molar-refractivity contribution is -0.136. The second-order valence-electron chi connectivity index (χ2n) is 3.05. The molecule has 0 spiro atoms. The molecule has 1 aromatic heterocycles. The highest BCUT2D eigenvalue weighted by atomic mass is 32.1. The van der Waals surface area contributed by atoms with Crippen molar-refractivity contribution in [2.75, 3.05) is 6.54 Å². The Hall–Kier alpha value is -0.940. The highest BCUT2D eigenvalue weighted by Gasteiger charge is 2.05. The molecule has 3 N–H and O–H groups in total. The Balaban J connectivity index is 2.38. The SMILES string of the molecule is NCCCCc1nc(CC(=O)O)cs1. The summed E-state index contributed by atoms with van der Waals surface area (Å²) in [5, 5.41) is 11.4. The number of carbonyl (C=O) groups is 1. The third-order valence-corrected chi connectivity index (χ3v) is 2.73. The van der Waals surface area contributed by atoms with E-state index in [-0.39, 0.29) is 6.42 Å². The third-order valence-electron chi connectivity index (χ3n) is 1.78. The number of hydrogen-bond acceptors (Lipinski definition) is 4. The normalized spacial score (nSPS) is 10.4. The number of carboxylic acid groups (broad SMARTS) is 1. The van der Waals surface area contributed by atoms with Gasteiger partial charge in [-0.25, -0.2) is 4.98 Å². The molecule has 0 aromatic carbocycles. The van der Waals surface area contributed by atoms with E-state index >= 15 is 0 Å². The van der Waals surface area contributed by atoms with Crippen molar-refractivity contribution in [2.45, 2.75) is 25.7 Å². The molecule has 1 aromatic rings. The van der Waals surface area contributed by atoms with Gasteiger partial charge in [0, 0.05) is 5.38 Å². The molecule has 0 bridgehead atoms. The molecular weight excluding hydrogens is 200 g/mol. The summed E-state index contributed by atoms with van der Waals surface area (Å²) in [6.45, 7) is 0.702. The summed E-state index contributed by atoms with van der Waals surface area (Å²) in [4.78, 5) is 14.6. The molecule has 78 valence electrons. The highest BCUT2D eigenvalue weighted by Crippen LogP contribution is 2.12. The molecule has 0 aliphatic rings. The first-order valence-corrected chi connectivity index (χ1v) is 5.45. The molecule has 4 nitrogen and oxygen atoms in total. The van der Waals surface area contributed by atoms with Crippen LogP contribution < -0.4 is 5.73 Å². The largest absolute Gasteiger partial charge is 0.481 e. The molecule has 0 saturated carbocycles. The minimum atomic E-state index is -0.830. The lowest BCUT2D eigenvalue weighted by atomic mass is 10.2. The molecule has 0 aliphatic heterocycles. The summed E-state index contributed by atoms with van der Waals surface area (Å²) in [5.41, 5.74) is 6.03. The monoisotopic (exact) mass is 214 g/mol. The van der Waals surface area contributed by atoms with Gasteiger partial charge in [-0.3, -0.25) is 4.79 Å². The number of carboxylic acids is 1. The Morgan fingerprint density at radius 2 is 2.36 bits per heavy atom. The van der Waals surface area contributed by atoms with E-state index in [0.29, 0.717) is 12.2 Å². The van der Waals surface area contributed by atoms with Crippen LogP contribution in [-0.2, 0) is 17.6 Å². The van der Waals surface area contributed by atoms with Gasteiger partial charge >= 0.3 is 5.97 Å². The molecule has 0 unspecified atom stereocenters. The summed E-state index contributed by atoms with van der Waals surface area (Å²) in [5.74, 6) is -0.830. The van der Waals surface area contributed by atoms with Crippen LogP contribution in [0.4, 0.5) is 0 Å². The maximum atomic E-state index is 10.4. The fourth-order valence-corrected chi connectivity index (χ4v) is 1.96. The van der Waals surface area contributed by atoms with Gasteiger partial charge in [-0.15, -0.1) is 11.3 Å². The molecule has 0 aliphatic carbocycles. The molecule has 0 atom stereocenters. The van der Waals surface area contributed by atoms with Gasteiger partial charge in [0.05, 0.1) is 17.1 Å². The number of aryl methyl sites for hydroxylation is 1. The lowest BCUT2D eigenvalue weighted by Gasteiger charge is -1.93. The first kappa shape index (κ1) is 11.1. The minimum absolute atomic E-state index is 0.0212. The number of hydrogen-bond donors (Lipinski definition) is 2. The van der Waals surface area contributed by atoms with Gasteiger partial charge in [-0.05, 0) is 25.8 Å². The van der Waals surface area contributed by atoms with Crippen LogP contribution in [0, 0.1) is 0 Å². The van der Waals surface area contributed by atoms with E-state index in [2.05, 4.69) is 4.98 Å². The van der Waals surface area contributed by atoms with Crippen molar-refractivity contribution in [3.05, 3.63) is 16.1 Å².